The summed E-state index contributed by atoms with van der Waals surface area (Å²) in [4.78, 5) is 22.7. The zero-order chi connectivity index (χ0) is 16.7. The summed E-state index contributed by atoms with van der Waals surface area (Å²) in [5, 5.41) is 0.944. The molecular formula is C18H20N2O2S2. The van der Waals surface area contributed by atoms with Gasteiger partial charge in [-0.3, -0.25) is 4.79 Å². The first-order valence-electron chi connectivity index (χ1n) is 8.30. The zero-order valence-electron chi connectivity index (χ0n) is 13.8. The van der Waals surface area contributed by atoms with Crippen LogP contribution in [0.5, 0.6) is 0 Å². The van der Waals surface area contributed by atoms with Gasteiger partial charge in [0.2, 0.25) is 0 Å². The number of nitrogens with zero attached hydrogens (tertiary/aromatic N) is 1. The predicted octanol–water partition coefficient (Wildman–Crippen LogP) is 4.70. The topological polar surface area (TPSA) is 58.9 Å². The van der Waals surface area contributed by atoms with E-state index in [4.69, 9.17) is 9.40 Å². The molecule has 3 aromatic heterocycles. The maximum atomic E-state index is 12.6. The van der Waals surface area contributed by atoms with Crippen molar-refractivity contribution >= 4 is 33.3 Å². The van der Waals surface area contributed by atoms with Crippen molar-refractivity contribution in [3.8, 4) is 0 Å². The summed E-state index contributed by atoms with van der Waals surface area (Å²) in [6.07, 6.45) is 4.93. The minimum atomic E-state index is 0.0208. The lowest BCUT2D eigenvalue weighted by molar-refractivity contribution is 0.509. The average Bonchev–Trinajstić information content (AvgIpc) is 3.18. The third-order valence-electron chi connectivity index (χ3n) is 4.62. The van der Waals surface area contributed by atoms with Crippen LogP contribution in [0.3, 0.4) is 0 Å². The Hall–Kier alpha value is -1.53. The molecule has 0 spiro atoms. The summed E-state index contributed by atoms with van der Waals surface area (Å²) in [5.74, 6) is 3.17. The smallest absolute Gasteiger partial charge is 0.259 e. The van der Waals surface area contributed by atoms with Gasteiger partial charge in [-0.25, -0.2) is 4.98 Å². The van der Waals surface area contributed by atoms with E-state index in [1.807, 2.05) is 12.1 Å². The number of nitrogens with one attached hydrogen (secondary N) is 1. The first-order valence-corrected chi connectivity index (χ1v) is 10.2. The minimum absolute atomic E-state index is 0.0208. The van der Waals surface area contributed by atoms with Crippen LogP contribution in [0.1, 0.15) is 47.5 Å². The molecule has 0 bridgehead atoms. The number of hydrogen-bond acceptors (Lipinski definition) is 5. The van der Waals surface area contributed by atoms with Crippen molar-refractivity contribution in [2.75, 3.05) is 0 Å². The van der Waals surface area contributed by atoms with Crippen molar-refractivity contribution in [1.82, 2.24) is 9.97 Å². The molecule has 0 amide bonds. The number of aromatic amines is 1. The van der Waals surface area contributed by atoms with Crippen molar-refractivity contribution in [2.45, 2.75) is 44.1 Å². The molecular weight excluding hydrogens is 340 g/mol. The van der Waals surface area contributed by atoms with E-state index < -0.39 is 0 Å². The Labute approximate surface area is 148 Å². The van der Waals surface area contributed by atoms with Crippen LogP contribution in [0, 0.1) is 5.92 Å². The van der Waals surface area contributed by atoms with Gasteiger partial charge in [0.05, 0.1) is 22.7 Å². The Morgan fingerprint density at radius 2 is 2.42 bits per heavy atom. The number of thioether (sulfide) groups is 1. The predicted molar refractivity (Wildman–Crippen MR) is 99.8 cm³/mol. The molecule has 0 saturated carbocycles. The number of furan rings is 1. The molecule has 4 nitrogen and oxygen atoms in total. The molecule has 6 heteroatoms. The second kappa shape index (κ2) is 6.41. The van der Waals surface area contributed by atoms with E-state index in [0.717, 1.165) is 46.8 Å². The fourth-order valence-corrected chi connectivity index (χ4v) is 5.48. The van der Waals surface area contributed by atoms with Gasteiger partial charge in [0.15, 0.2) is 0 Å². The van der Waals surface area contributed by atoms with E-state index in [0.29, 0.717) is 5.92 Å². The van der Waals surface area contributed by atoms with Gasteiger partial charge in [0.1, 0.15) is 16.4 Å². The molecule has 24 heavy (non-hydrogen) atoms. The largest absolute Gasteiger partial charge is 0.468 e. The van der Waals surface area contributed by atoms with E-state index in [9.17, 15) is 4.79 Å². The summed E-state index contributed by atoms with van der Waals surface area (Å²) in [5.41, 5.74) is 1.26. The standard InChI is InChI=1S/C18H20N2O2S2/c1-10-5-6-13-14(8-10)24-18-15(13)17(21)19-16(20-18)11(2)23-9-12-4-3-7-22-12/h3-4,7,10-11H,5-6,8-9H2,1-2H3,(H,19,20,21)/t10-,11-/m1/s1. The number of fused-ring (bicyclic) bond motifs is 3. The van der Waals surface area contributed by atoms with Crippen molar-refractivity contribution < 1.29 is 4.42 Å². The zero-order valence-corrected chi connectivity index (χ0v) is 15.4. The fourth-order valence-electron chi connectivity index (χ4n) is 3.24. The van der Waals surface area contributed by atoms with E-state index in [-0.39, 0.29) is 10.8 Å². The van der Waals surface area contributed by atoms with Crippen LogP contribution < -0.4 is 5.56 Å². The third-order valence-corrected chi connectivity index (χ3v) is 6.95. The Morgan fingerprint density at radius 3 is 3.21 bits per heavy atom. The summed E-state index contributed by atoms with van der Waals surface area (Å²) in [6.45, 7) is 4.36. The maximum Gasteiger partial charge on any atom is 0.259 e. The second-order valence-electron chi connectivity index (χ2n) is 6.52. The van der Waals surface area contributed by atoms with Gasteiger partial charge in [-0.2, -0.15) is 0 Å². The molecule has 1 aliphatic carbocycles. The van der Waals surface area contributed by atoms with Gasteiger partial charge in [0.25, 0.3) is 5.56 Å². The Morgan fingerprint density at radius 1 is 1.54 bits per heavy atom. The monoisotopic (exact) mass is 360 g/mol. The van der Waals surface area contributed by atoms with Crippen LogP contribution >= 0.6 is 23.1 Å². The van der Waals surface area contributed by atoms with Gasteiger partial charge < -0.3 is 9.40 Å². The van der Waals surface area contributed by atoms with Crippen LogP contribution in [0.25, 0.3) is 10.2 Å². The number of hydrogen-bond donors (Lipinski definition) is 1. The highest BCUT2D eigenvalue weighted by Crippen LogP contribution is 2.37. The van der Waals surface area contributed by atoms with Gasteiger partial charge in [-0.05, 0) is 49.8 Å². The molecule has 0 unspecified atom stereocenters. The molecule has 3 aromatic rings. The highest BCUT2D eigenvalue weighted by Gasteiger charge is 2.23. The molecule has 0 fully saturated rings. The number of thiophene rings is 1. The lowest BCUT2D eigenvalue weighted by Crippen LogP contribution is -2.15. The Bertz CT molecular complexity index is 911. The number of rotatable bonds is 4. The molecule has 4 rings (SSSR count). The van der Waals surface area contributed by atoms with Crippen LogP contribution in [0.4, 0.5) is 0 Å². The van der Waals surface area contributed by atoms with E-state index >= 15 is 0 Å². The summed E-state index contributed by atoms with van der Waals surface area (Å²) < 4.78 is 5.37. The highest BCUT2D eigenvalue weighted by molar-refractivity contribution is 7.98. The Kier molecular flexibility index (Phi) is 4.26. The van der Waals surface area contributed by atoms with Crippen LogP contribution in [-0.4, -0.2) is 9.97 Å². The van der Waals surface area contributed by atoms with Gasteiger partial charge in [-0.1, -0.05) is 6.92 Å². The van der Waals surface area contributed by atoms with Crippen LogP contribution in [-0.2, 0) is 18.6 Å². The third kappa shape index (κ3) is 2.93. The molecule has 0 aliphatic heterocycles. The van der Waals surface area contributed by atoms with Crippen molar-refractivity contribution in [3.05, 3.63) is 50.8 Å². The molecule has 0 saturated heterocycles. The van der Waals surface area contributed by atoms with E-state index in [1.54, 1.807) is 29.4 Å². The number of H-pyrrole nitrogens is 1. The first-order chi connectivity index (χ1) is 11.6. The minimum Gasteiger partial charge on any atom is -0.468 e. The van der Waals surface area contributed by atoms with Crippen molar-refractivity contribution in [1.29, 1.82) is 0 Å². The Balaban J connectivity index is 1.64. The van der Waals surface area contributed by atoms with Gasteiger partial charge in [-0.15, -0.1) is 23.1 Å². The SMILES string of the molecule is C[C@@H]1CCc2c(sc3nc([C@@H](C)SCc4ccco4)[nH]c(=O)c23)C1. The number of aromatic nitrogens is 2. The summed E-state index contributed by atoms with van der Waals surface area (Å²) in [6, 6.07) is 3.86. The van der Waals surface area contributed by atoms with Crippen LogP contribution in [0.15, 0.2) is 27.6 Å². The molecule has 1 aliphatic rings. The second-order valence-corrected chi connectivity index (χ2v) is 8.93. The van der Waals surface area contributed by atoms with E-state index in [1.165, 1.54) is 10.4 Å². The van der Waals surface area contributed by atoms with E-state index in [2.05, 4.69) is 18.8 Å². The van der Waals surface area contributed by atoms with Gasteiger partial charge in [0, 0.05) is 4.88 Å². The highest BCUT2D eigenvalue weighted by atomic mass is 32.2. The fraction of sp³-hybridized carbons (Fsp3) is 0.444. The summed E-state index contributed by atoms with van der Waals surface area (Å²) >= 11 is 3.42. The molecule has 126 valence electrons. The van der Waals surface area contributed by atoms with Gasteiger partial charge >= 0.3 is 0 Å². The summed E-state index contributed by atoms with van der Waals surface area (Å²) in [7, 11) is 0. The molecule has 0 aromatic carbocycles. The molecule has 1 N–H and O–H groups in total. The number of aryl methyl sites for hydroxylation is 1. The molecule has 3 heterocycles. The molecule has 2 atom stereocenters. The van der Waals surface area contributed by atoms with Crippen molar-refractivity contribution in [2.24, 2.45) is 5.92 Å². The van der Waals surface area contributed by atoms with Crippen molar-refractivity contribution in [3.63, 3.8) is 0 Å². The molecule has 0 radical (unpaired) electrons. The normalized spacial score (nSPS) is 18.7. The van der Waals surface area contributed by atoms with Crippen LogP contribution in [0.2, 0.25) is 0 Å². The lowest BCUT2D eigenvalue weighted by Gasteiger charge is -2.17. The lowest BCUT2D eigenvalue weighted by atomic mass is 9.89. The maximum absolute atomic E-state index is 12.6. The first kappa shape index (κ1) is 16.0. The average molecular weight is 361 g/mol. The quantitative estimate of drug-likeness (QED) is 0.733.